The Kier molecular flexibility index (Phi) is 6.84. The summed E-state index contributed by atoms with van der Waals surface area (Å²) < 4.78 is 7.93. The normalized spacial score (nSPS) is 11.8. The first-order chi connectivity index (χ1) is 25.7. The van der Waals surface area contributed by atoms with Gasteiger partial charge in [-0.05, 0) is 89.0 Å². The second-order valence-electron chi connectivity index (χ2n) is 13.3. The lowest BCUT2D eigenvalue weighted by molar-refractivity contribution is 1.29. The molecule has 3 heterocycles. The van der Waals surface area contributed by atoms with E-state index in [-0.39, 0.29) is 0 Å². The highest BCUT2D eigenvalue weighted by Crippen LogP contribution is 2.43. The summed E-state index contributed by atoms with van der Waals surface area (Å²) in [5.74, 6) is 0. The average molecular weight is 716 g/mol. The molecule has 0 fully saturated rings. The van der Waals surface area contributed by atoms with Crippen molar-refractivity contribution in [3.05, 3.63) is 176 Å². The van der Waals surface area contributed by atoms with Crippen molar-refractivity contribution in [1.82, 2.24) is 0 Å². The zero-order valence-electron chi connectivity index (χ0n) is 27.9. The zero-order valence-corrected chi connectivity index (χ0v) is 30.4. The highest BCUT2D eigenvalue weighted by atomic mass is 32.1. The van der Waals surface area contributed by atoms with E-state index in [1.807, 2.05) is 34.0 Å². The second-order valence-corrected chi connectivity index (χ2v) is 16.6. The van der Waals surface area contributed by atoms with Crippen LogP contribution in [0.5, 0.6) is 0 Å². The third-order valence-corrected chi connectivity index (χ3v) is 13.7. The number of anilines is 3. The standard InChI is InChI=1S/C48H29NS3/c1-4-13-43-37(10-1)40-23-18-32(27-46(40)50-43)30-16-20-34(21-17-30)49(36-22-25-42-39-12-3-6-15-45(39)52-48(42)29-36)35-9-7-8-31(26-35)33-19-24-41-38-11-2-5-14-44(38)51-47(41)28-33/h1-29H. The van der Waals surface area contributed by atoms with Crippen LogP contribution in [0.15, 0.2) is 176 Å². The van der Waals surface area contributed by atoms with Gasteiger partial charge < -0.3 is 4.90 Å². The predicted molar refractivity (Wildman–Crippen MR) is 231 cm³/mol. The number of rotatable bonds is 5. The monoisotopic (exact) mass is 715 g/mol. The van der Waals surface area contributed by atoms with Crippen LogP contribution in [0, 0.1) is 0 Å². The fourth-order valence-electron chi connectivity index (χ4n) is 7.74. The first-order valence-corrected chi connectivity index (χ1v) is 19.9. The van der Waals surface area contributed by atoms with Crippen molar-refractivity contribution < 1.29 is 0 Å². The Bertz CT molecular complexity index is 3140. The van der Waals surface area contributed by atoms with E-state index in [9.17, 15) is 0 Å². The van der Waals surface area contributed by atoms with Gasteiger partial charge in [-0.2, -0.15) is 0 Å². The molecule has 0 unspecified atom stereocenters. The van der Waals surface area contributed by atoms with Crippen molar-refractivity contribution in [3.8, 4) is 22.3 Å². The number of fused-ring (bicyclic) bond motifs is 9. The summed E-state index contributed by atoms with van der Waals surface area (Å²) in [7, 11) is 0. The van der Waals surface area contributed by atoms with Gasteiger partial charge in [0.2, 0.25) is 0 Å². The Morgan fingerprint density at radius 2 is 0.654 bits per heavy atom. The first-order valence-electron chi connectivity index (χ1n) is 17.5. The number of hydrogen-bond acceptors (Lipinski definition) is 4. The van der Waals surface area contributed by atoms with Gasteiger partial charge in [-0.1, -0.05) is 109 Å². The SMILES string of the molecule is c1cc(-c2ccc3c(c2)sc2ccccc23)cc(N(c2ccc(-c3ccc4c(c3)sc3ccccc34)cc2)c2ccc3c(c2)sc2ccccc23)c1. The highest BCUT2D eigenvalue weighted by molar-refractivity contribution is 7.26. The van der Waals surface area contributed by atoms with E-state index in [1.165, 1.54) is 82.8 Å². The molecule has 11 rings (SSSR count). The third kappa shape index (κ3) is 4.87. The lowest BCUT2D eigenvalue weighted by Crippen LogP contribution is -2.09. The van der Waals surface area contributed by atoms with Crippen LogP contribution in [0.2, 0.25) is 0 Å². The molecule has 1 nitrogen and oxygen atoms in total. The molecule has 8 aromatic carbocycles. The maximum absolute atomic E-state index is 2.41. The van der Waals surface area contributed by atoms with Crippen LogP contribution in [0.4, 0.5) is 17.1 Å². The van der Waals surface area contributed by atoms with Crippen LogP contribution in [0.1, 0.15) is 0 Å². The van der Waals surface area contributed by atoms with Crippen LogP contribution < -0.4 is 4.90 Å². The van der Waals surface area contributed by atoms with Gasteiger partial charge in [0.05, 0.1) is 0 Å². The Morgan fingerprint density at radius 1 is 0.250 bits per heavy atom. The Morgan fingerprint density at radius 3 is 1.23 bits per heavy atom. The second kappa shape index (κ2) is 11.9. The molecule has 0 N–H and O–H groups in total. The minimum Gasteiger partial charge on any atom is -0.310 e. The molecular weight excluding hydrogens is 687 g/mol. The van der Waals surface area contributed by atoms with Gasteiger partial charge in [0.1, 0.15) is 0 Å². The van der Waals surface area contributed by atoms with Crippen molar-refractivity contribution in [3.63, 3.8) is 0 Å². The van der Waals surface area contributed by atoms with Gasteiger partial charge in [-0.15, -0.1) is 34.0 Å². The lowest BCUT2D eigenvalue weighted by atomic mass is 10.0. The largest absolute Gasteiger partial charge is 0.310 e. The lowest BCUT2D eigenvalue weighted by Gasteiger charge is -2.26. The quantitative estimate of drug-likeness (QED) is 0.171. The summed E-state index contributed by atoms with van der Waals surface area (Å²) >= 11 is 5.60. The molecule has 0 aliphatic rings. The Balaban J connectivity index is 1.03. The number of benzene rings is 8. The molecule has 0 saturated heterocycles. The van der Waals surface area contributed by atoms with Gasteiger partial charge in [-0.3, -0.25) is 0 Å². The van der Waals surface area contributed by atoms with Crippen molar-refractivity contribution in [2.45, 2.75) is 0 Å². The van der Waals surface area contributed by atoms with Crippen molar-refractivity contribution in [1.29, 1.82) is 0 Å². The molecule has 0 radical (unpaired) electrons. The molecule has 0 aliphatic carbocycles. The number of hydrogen-bond donors (Lipinski definition) is 0. The van der Waals surface area contributed by atoms with Crippen LogP contribution in [-0.2, 0) is 0 Å². The molecule has 11 aromatic rings. The van der Waals surface area contributed by atoms with E-state index in [4.69, 9.17) is 0 Å². The van der Waals surface area contributed by atoms with E-state index in [1.54, 1.807) is 0 Å². The molecular formula is C48H29NS3. The van der Waals surface area contributed by atoms with E-state index < -0.39 is 0 Å². The van der Waals surface area contributed by atoms with Crippen LogP contribution in [-0.4, -0.2) is 0 Å². The zero-order chi connectivity index (χ0) is 34.2. The summed E-state index contributed by atoms with van der Waals surface area (Å²) in [5.41, 5.74) is 8.30. The highest BCUT2D eigenvalue weighted by Gasteiger charge is 2.17. The van der Waals surface area contributed by atoms with E-state index >= 15 is 0 Å². The molecule has 4 heteroatoms. The maximum Gasteiger partial charge on any atom is 0.0476 e. The van der Waals surface area contributed by atoms with Gasteiger partial charge in [-0.25, -0.2) is 0 Å². The van der Waals surface area contributed by atoms with Crippen molar-refractivity contribution in [2.24, 2.45) is 0 Å². The summed E-state index contributed by atoms with van der Waals surface area (Å²) in [4.78, 5) is 2.41. The summed E-state index contributed by atoms with van der Waals surface area (Å²) in [5, 5.41) is 7.95. The minimum absolute atomic E-state index is 1.13. The molecule has 0 saturated carbocycles. The summed E-state index contributed by atoms with van der Waals surface area (Å²) in [6, 6.07) is 65.0. The first kappa shape index (κ1) is 29.9. The summed E-state index contributed by atoms with van der Waals surface area (Å²) in [6.07, 6.45) is 0. The Labute approximate surface area is 312 Å². The van der Waals surface area contributed by atoms with Gasteiger partial charge >= 0.3 is 0 Å². The smallest absolute Gasteiger partial charge is 0.0476 e. The summed E-state index contributed by atoms with van der Waals surface area (Å²) in [6.45, 7) is 0. The topological polar surface area (TPSA) is 3.24 Å². The molecule has 52 heavy (non-hydrogen) atoms. The van der Waals surface area contributed by atoms with E-state index in [0.29, 0.717) is 0 Å². The number of thiophene rings is 3. The van der Waals surface area contributed by atoms with E-state index in [0.717, 1.165) is 17.1 Å². The molecule has 0 bridgehead atoms. The molecule has 0 spiro atoms. The Hall–Kier alpha value is -5.78. The molecule has 0 amide bonds. The van der Waals surface area contributed by atoms with Gasteiger partial charge in [0.25, 0.3) is 0 Å². The van der Waals surface area contributed by atoms with Crippen molar-refractivity contribution >= 4 is 112 Å². The van der Waals surface area contributed by atoms with Gasteiger partial charge in [0, 0.05) is 77.6 Å². The average Bonchev–Trinajstić information content (AvgIpc) is 3.88. The van der Waals surface area contributed by atoms with Crippen LogP contribution in [0.25, 0.3) is 82.8 Å². The molecule has 244 valence electrons. The molecule has 3 aromatic heterocycles. The van der Waals surface area contributed by atoms with Crippen LogP contribution in [0.3, 0.4) is 0 Å². The maximum atomic E-state index is 2.41. The fraction of sp³-hybridized carbons (Fsp3) is 0. The predicted octanol–water partition coefficient (Wildman–Crippen LogP) is 15.6. The van der Waals surface area contributed by atoms with Crippen LogP contribution >= 0.6 is 34.0 Å². The third-order valence-electron chi connectivity index (χ3n) is 10.3. The molecule has 0 aliphatic heterocycles. The fourth-order valence-corrected chi connectivity index (χ4v) is 11.2. The van der Waals surface area contributed by atoms with Gasteiger partial charge in [0.15, 0.2) is 0 Å². The van der Waals surface area contributed by atoms with Crippen molar-refractivity contribution in [2.75, 3.05) is 4.90 Å². The molecule has 0 atom stereocenters. The minimum atomic E-state index is 1.13. The number of nitrogens with zero attached hydrogens (tertiary/aromatic N) is 1. The van der Waals surface area contributed by atoms with E-state index in [2.05, 4.69) is 181 Å².